The van der Waals surface area contributed by atoms with Crippen molar-refractivity contribution in [2.24, 2.45) is 11.3 Å². The van der Waals surface area contributed by atoms with E-state index in [-0.39, 0.29) is 25.3 Å². The van der Waals surface area contributed by atoms with E-state index in [2.05, 4.69) is 10.6 Å². The smallest absolute Gasteiger partial charge is 0.315 e. The molecule has 0 saturated carbocycles. The molecule has 7 nitrogen and oxygen atoms in total. The first-order valence-corrected chi connectivity index (χ1v) is 6.90. The number of nitrogens with one attached hydrogen (secondary N) is 2. The average molecular weight is 286 g/mol. The molecule has 7 heteroatoms. The van der Waals surface area contributed by atoms with Crippen molar-refractivity contribution < 1.29 is 24.2 Å². The van der Waals surface area contributed by atoms with Gasteiger partial charge >= 0.3 is 12.0 Å². The monoisotopic (exact) mass is 286 g/mol. The largest absolute Gasteiger partial charge is 0.481 e. The SMILES string of the molecule is CC1OCCC1CNC(=O)NC1COCC1(C)C(=O)O. The summed E-state index contributed by atoms with van der Waals surface area (Å²) in [6.45, 7) is 5.16. The molecule has 2 amide bonds. The summed E-state index contributed by atoms with van der Waals surface area (Å²) in [4.78, 5) is 23.1. The summed E-state index contributed by atoms with van der Waals surface area (Å²) in [6, 6.07) is -0.871. The van der Waals surface area contributed by atoms with Crippen LogP contribution in [-0.2, 0) is 14.3 Å². The number of hydrogen-bond acceptors (Lipinski definition) is 4. The summed E-state index contributed by atoms with van der Waals surface area (Å²) in [7, 11) is 0. The third kappa shape index (κ3) is 3.04. The van der Waals surface area contributed by atoms with Crippen LogP contribution in [0.4, 0.5) is 4.79 Å². The first-order chi connectivity index (χ1) is 9.43. The van der Waals surface area contributed by atoms with Crippen LogP contribution in [0.1, 0.15) is 20.3 Å². The number of carboxylic acid groups (broad SMARTS) is 1. The van der Waals surface area contributed by atoms with Crippen molar-refractivity contribution in [3.05, 3.63) is 0 Å². The molecule has 2 heterocycles. The van der Waals surface area contributed by atoms with E-state index in [1.807, 2.05) is 6.92 Å². The second-order valence-corrected chi connectivity index (χ2v) is 5.77. The van der Waals surface area contributed by atoms with E-state index in [0.717, 1.165) is 13.0 Å². The van der Waals surface area contributed by atoms with Gasteiger partial charge in [-0.15, -0.1) is 0 Å². The maximum atomic E-state index is 11.9. The van der Waals surface area contributed by atoms with Gasteiger partial charge in [-0.25, -0.2) is 4.79 Å². The van der Waals surface area contributed by atoms with Crippen LogP contribution in [0.15, 0.2) is 0 Å². The second-order valence-electron chi connectivity index (χ2n) is 5.77. The summed E-state index contributed by atoms with van der Waals surface area (Å²) in [5.74, 6) is -0.649. The lowest BCUT2D eigenvalue weighted by Gasteiger charge is -2.26. The number of carboxylic acids is 1. The van der Waals surface area contributed by atoms with E-state index in [9.17, 15) is 14.7 Å². The van der Waals surface area contributed by atoms with Gasteiger partial charge in [0, 0.05) is 19.1 Å². The molecule has 0 aromatic heterocycles. The normalized spacial score (nSPS) is 36.8. The van der Waals surface area contributed by atoms with Crippen LogP contribution < -0.4 is 10.6 Å². The molecular weight excluding hydrogens is 264 g/mol. The number of carbonyl (C=O) groups excluding carboxylic acids is 1. The Hall–Kier alpha value is -1.34. The summed E-state index contributed by atoms with van der Waals surface area (Å²) in [5, 5.41) is 14.7. The summed E-state index contributed by atoms with van der Waals surface area (Å²) < 4.78 is 10.6. The van der Waals surface area contributed by atoms with Gasteiger partial charge in [-0.05, 0) is 20.3 Å². The average Bonchev–Trinajstić information content (AvgIpc) is 2.95. The van der Waals surface area contributed by atoms with Crippen molar-refractivity contribution in [2.75, 3.05) is 26.4 Å². The van der Waals surface area contributed by atoms with Crippen LogP contribution >= 0.6 is 0 Å². The molecule has 114 valence electrons. The number of rotatable bonds is 4. The van der Waals surface area contributed by atoms with Crippen molar-refractivity contribution in [1.29, 1.82) is 0 Å². The minimum atomic E-state index is -1.07. The molecule has 2 aliphatic rings. The fourth-order valence-corrected chi connectivity index (χ4v) is 2.56. The first-order valence-electron chi connectivity index (χ1n) is 6.90. The van der Waals surface area contributed by atoms with Gasteiger partial charge in [0.15, 0.2) is 0 Å². The van der Waals surface area contributed by atoms with Gasteiger partial charge in [-0.3, -0.25) is 4.79 Å². The van der Waals surface area contributed by atoms with E-state index in [1.165, 1.54) is 0 Å². The molecule has 3 N–H and O–H groups in total. The lowest BCUT2D eigenvalue weighted by molar-refractivity contribution is -0.148. The van der Waals surface area contributed by atoms with E-state index in [0.29, 0.717) is 12.5 Å². The van der Waals surface area contributed by atoms with Gasteiger partial charge in [0.2, 0.25) is 0 Å². The zero-order valence-electron chi connectivity index (χ0n) is 11.8. The van der Waals surface area contributed by atoms with E-state index < -0.39 is 17.4 Å². The van der Waals surface area contributed by atoms with Crippen LogP contribution in [0, 0.1) is 11.3 Å². The van der Waals surface area contributed by atoms with Crippen molar-refractivity contribution >= 4 is 12.0 Å². The Kier molecular flexibility index (Phi) is 4.49. The number of urea groups is 1. The van der Waals surface area contributed by atoms with Crippen LogP contribution in [0.3, 0.4) is 0 Å². The highest BCUT2D eigenvalue weighted by molar-refractivity contribution is 5.79. The fraction of sp³-hybridized carbons (Fsp3) is 0.846. The predicted octanol–water partition coefficient (Wildman–Crippen LogP) is 0.200. The van der Waals surface area contributed by atoms with Crippen molar-refractivity contribution in [3.8, 4) is 0 Å². The van der Waals surface area contributed by atoms with Gasteiger partial charge in [0.25, 0.3) is 0 Å². The number of amides is 2. The molecule has 20 heavy (non-hydrogen) atoms. The Morgan fingerprint density at radius 1 is 1.45 bits per heavy atom. The standard InChI is InChI=1S/C13H22N2O5/c1-8-9(3-4-20-8)5-14-12(18)15-10-6-19-7-13(10,2)11(16)17/h8-10H,3-7H2,1-2H3,(H,16,17)(H2,14,15,18). The molecule has 2 fully saturated rings. The topological polar surface area (TPSA) is 96.9 Å². The van der Waals surface area contributed by atoms with Gasteiger partial charge in [-0.1, -0.05) is 0 Å². The summed E-state index contributed by atoms with van der Waals surface area (Å²) >= 11 is 0. The molecule has 4 atom stereocenters. The quantitative estimate of drug-likeness (QED) is 0.686. The second kappa shape index (κ2) is 5.97. The van der Waals surface area contributed by atoms with Crippen molar-refractivity contribution in [1.82, 2.24) is 10.6 Å². The predicted molar refractivity (Wildman–Crippen MR) is 70.4 cm³/mol. The molecule has 0 aliphatic carbocycles. The molecule has 2 aliphatic heterocycles. The number of aliphatic carboxylic acids is 1. The maximum Gasteiger partial charge on any atom is 0.315 e. The van der Waals surface area contributed by atoms with Crippen molar-refractivity contribution in [3.63, 3.8) is 0 Å². The molecule has 0 aromatic rings. The number of hydrogen-bond donors (Lipinski definition) is 3. The highest BCUT2D eigenvalue weighted by Gasteiger charge is 2.47. The minimum Gasteiger partial charge on any atom is -0.481 e. The molecule has 0 spiro atoms. The van der Waals surface area contributed by atoms with Crippen molar-refractivity contribution in [2.45, 2.75) is 32.4 Å². The zero-order valence-corrected chi connectivity index (χ0v) is 11.8. The molecule has 2 rings (SSSR count). The number of carbonyl (C=O) groups is 2. The Labute approximate surface area is 118 Å². The third-order valence-corrected chi connectivity index (χ3v) is 4.31. The van der Waals surface area contributed by atoms with Gasteiger partial charge < -0.3 is 25.2 Å². The maximum absolute atomic E-state index is 11.9. The molecule has 0 radical (unpaired) electrons. The molecule has 4 unspecified atom stereocenters. The van der Waals surface area contributed by atoms with Gasteiger partial charge in [-0.2, -0.15) is 0 Å². The summed E-state index contributed by atoms with van der Waals surface area (Å²) in [5.41, 5.74) is -1.07. The lowest BCUT2D eigenvalue weighted by atomic mass is 9.85. The van der Waals surface area contributed by atoms with E-state index in [4.69, 9.17) is 9.47 Å². The van der Waals surface area contributed by atoms with Gasteiger partial charge in [0.05, 0.1) is 25.4 Å². The van der Waals surface area contributed by atoms with Crippen LogP contribution in [0.25, 0.3) is 0 Å². The van der Waals surface area contributed by atoms with Crippen LogP contribution in [0.5, 0.6) is 0 Å². The molecule has 0 aromatic carbocycles. The highest BCUT2D eigenvalue weighted by atomic mass is 16.5. The van der Waals surface area contributed by atoms with E-state index in [1.54, 1.807) is 6.92 Å². The summed E-state index contributed by atoms with van der Waals surface area (Å²) in [6.07, 6.45) is 1.08. The first kappa shape index (κ1) is 15.1. The zero-order chi connectivity index (χ0) is 14.8. The lowest BCUT2D eigenvalue weighted by Crippen LogP contribution is -2.53. The number of ether oxygens (including phenoxy) is 2. The minimum absolute atomic E-state index is 0.112. The molecule has 0 bridgehead atoms. The highest BCUT2D eigenvalue weighted by Crippen LogP contribution is 2.28. The van der Waals surface area contributed by atoms with Crippen LogP contribution in [0.2, 0.25) is 0 Å². The Bertz CT molecular complexity index is 389. The Morgan fingerprint density at radius 3 is 2.80 bits per heavy atom. The fourth-order valence-electron chi connectivity index (χ4n) is 2.56. The Morgan fingerprint density at radius 2 is 2.20 bits per heavy atom. The third-order valence-electron chi connectivity index (χ3n) is 4.31. The molecular formula is C13H22N2O5. The van der Waals surface area contributed by atoms with E-state index >= 15 is 0 Å². The van der Waals surface area contributed by atoms with Gasteiger partial charge in [0.1, 0.15) is 5.41 Å². The Balaban J connectivity index is 1.81. The molecule has 2 saturated heterocycles. The van der Waals surface area contributed by atoms with Crippen LogP contribution in [-0.4, -0.2) is 55.6 Å².